The molecule has 14 aromatic rings. The highest BCUT2D eigenvalue weighted by Crippen LogP contribution is 2.43. The summed E-state index contributed by atoms with van der Waals surface area (Å²) in [5.74, 6) is 5.18. The van der Waals surface area contributed by atoms with E-state index in [0.717, 1.165) is 174 Å². The quantitative estimate of drug-likeness (QED) is 0.0329. The number of aliphatic imine (C=N–C) groups is 1. The first-order chi connectivity index (χ1) is 67.4. The minimum absolute atomic E-state index is 0.00853. The van der Waals surface area contributed by atoms with Crippen LogP contribution in [0.25, 0.3) is 33.5 Å². The smallest absolute Gasteiger partial charge is 0.232 e. The number of hydrogen-bond acceptors (Lipinski definition) is 30. The number of sulfonamides is 4. The monoisotopic (exact) mass is 2050 g/mol. The molecule has 4 aliphatic rings. The van der Waals surface area contributed by atoms with E-state index < -0.39 is 47.1 Å². The molecule has 10 aromatic heterocycles. The molecule has 0 radical (unpaired) electrons. The first-order valence-electron chi connectivity index (χ1n) is 46.4. The number of fused-ring (bicyclic) bond motifs is 4. The highest BCUT2D eigenvalue weighted by atomic mass is 35.5. The molecule has 140 heavy (non-hydrogen) atoms. The van der Waals surface area contributed by atoms with Gasteiger partial charge in [-0.1, -0.05) is 83.3 Å². The largest absolute Gasteiger partial charge is 0.397 e. The standard InChI is InChI=1S/C27H33N7O3S.C23H26N6O2S.C20H24ClN5O3S.C12H13Cl2N3O.C8H12N2O2S.C6H9N3/c1-17-14-20(29-18(2)28-17)15-21-16-23(32-22-10-6-7-11-24(22)33(4)38(5,35)36)26-27(31-21)34(19(3)30-26)25-12-8-9-13-37-25;1-14-10-17(26-16(3)24-14)12-18-13-21(23-20(27-18)11-15(2)25-23)28-19-8-6-7-9-22(19)29(4)32(5,30)31;1-13-22-19-15(23-14-8-4-5-9-16(14)25(2)30(3,27)28)12-17(21)24-20(19)26(13)18-10-6-7-11-29-18;1-7-15-11-8(13)6-9(14)16-12(11)17(7)10-4-2-3-5-18-10;1-10(13(2,11)12)8-6-4-3-5-7(8)9;1-4-3-6(7)9-5(2)8-4/h6-7,10-11,14,16,25H,8-9,12-13,15H2,1-5H3,(H,31,32);6-10,13H,11-12H2,1-5H3,(H,27,28);4-5,8-9,12,18H,6-7,10-11H2,1-3H3,(H,23,24);6,10H,2-5H2,1H3;3-6H,9H2,1-2H3;3H,1-2H3,(H2,7,8,9)/i;;;;1D3;. The second-order valence-corrected chi connectivity index (χ2v) is 43.3. The van der Waals surface area contributed by atoms with E-state index in [1.54, 1.807) is 62.6 Å². The minimum atomic E-state index is -3.91. The number of imidazole rings is 3. The van der Waals surface area contributed by atoms with Gasteiger partial charge in [0.05, 0.1) is 115 Å². The molecule has 14 heterocycles. The molecule has 3 fully saturated rings. The molecule has 4 aromatic carbocycles. The second kappa shape index (κ2) is 45.0. The van der Waals surface area contributed by atoms with Crippen molar-refractivity contribution in [3.05, 3.63) is 235 Å². The molecule has 18 rings (SSSR count). The van der Waals surface area contributed by atoms with Crippen LogP contribution in [0.3, 0.4) is 0 Å². The summed E-state index contributed by atoms with van der Waals surface area (Å²) in [4.78, 5) is 63.3. The topological polar surface area (TPSA) is 460 Å². The number of nitrogen functional groups attached to an aromatic ring is 2. The zero-order chi connectivity index (χ0) is 104. The Hall–Kier alpha value is -12.5. The Morgan fingerprint density at radius 2 is 0.750 bits per heavy atom. The predicted octanol–water partition coefficient (Wildman–Crippen LogP) is 17.8. The SMILES string of the molecule is CC1=Nc2c(Nc3ccccc3N(C)S(C)(=O)=O)cc(Cc3cc(C)nc(C)n3)nc2C1.Cc1cc(Cc2cc(Nc3ccccc3N(C)S(C)(=O)=O)c3nc(C)n(C4CCCCO4)c3n2)nc(C)n1.Cc1cc(N)nc(C)n1.Cc1nc2c(Cl)cc(Cl)nc2n1C1CCCCO1.Cc1nc2c(Nc3ccccc3N(C)S(C)(=O)=O)cc(Cl)nc2n1C1CCCCO1.[2H]C([2H])([2H])N(c1ccccc1N)S(C)(=O)=O. The summed E-state index contributed by atoms with van der Waals surface area (Å²) < 4.78 is 146. The minimum Gasteiger partial charge on any atom is -0.397 e. The highest BCUT2D eigenvalue weighted by molar-refractivity contribution is 7.92. The van der Waals surface area contributed by atoms with E-state index in [9.17, 15) is 33.7 Å². The van der Waals surface area contributed by atoms with Crippen molar-refractivity contribution >= 4 is 188 Å². The summed E-state index contributed by atoms with van der Waals surface area (Å²) in [7, 11) is -9.59. The Kier molecular flexibility index (Phi) is 32.3. The Morgan fingerprint density at radius 3 is 1.15 bits per heavy atom. The summed E-state index contributed by atoms with van der Waals surface area (Å²) in [6, 6.07) is 40.6. The Bertz CT molecular complexity index is 7470. The lowest BCUT2D eigenvalue weighted by atomic mass is 10.1. The van der Waals surface area contributed by atoms with Crippen molar-refractivity contribution < 1.29 is 52.0 Å². The highest BCUT2D eigenvalue weighted by Gasteiger charge is 2.31. The maximum atomic E-state index is 12.3. The fourth-order valence-corrected chi connectivity index (χ4v) is 19.1. The van der Waals surface area contributed by atoms with Crippen LogP contribution in [-0.2, 0) is 73.6 Å². The number of anilines is 12. The van der Waals surface area contributed by atoms with Crippen molar-refractivity contribution in [1.82, 2.24) is 78.5 Å². The third kappa shape index (κ3) is 26.4. The fourth-order valence-electron chi connectivity index (χ4n) is 16.4. The van der Waals surface area contributed by atoms with Crippen LogP contribution >= 0.6 is 34.8 Å². The second-order valence-electron chi connectivity index (χ2n) is 34.3. The van der Waals surface area contributed by atoms with Gasteiger partial charge in [0.1, 0.15) is 92.0 Å². The zero-order valence-corrected chi connectivity index (χ0v) is 86.5. The van der Waals surface area contributed by atoms with Gasteiger partial charge in [0, 0.05) is 112 Å². The lowest BCUT2D eigenvalue weighted by molar-refractivity contribution is -0.0310. The molecule has 44 heteroatoms. The van der Waals surface area contributed by atoms with Crippen molar-refractivity contribution in [1.29, 1.82) is 0 Å². The molecule has 0 spiro atoms. The first kappa shape index (κ1) is 101. The number of hydrogen-bond donors (Lipinski definition) is 5. The van der Waals surface area contributed by atoms with Gasteiger partial charge in [-0.3, -0.25) is 40.9 Å². The summed E-state index contributed by atoms with van der Waals surface area (Å²) in [5.41, 5.74) is 29.8. The number of aryl methyl sites for hydroxylation is 9. The number of nitrogens with two attached hydrogens (primary N) is 2. The predicted molar refractivity (Wildman–Crippen MR) is 557 cm³/mol. The van der Waals surface area contributed by atoms with Gasteiger partial charge < -0.3 is 41.6 Å². The number of halogens is 3. The van der Waals surface area contributed by atoms with Gasteiger partial charge in [-0.25, -0.2) is 93.5 Å². The molecular formula is C96H117Cl3N26O11S4. The normalized spacial score (nSPS) is 15.7. The molecule has 0 amide bonds. The van der Waals surface area contributed by atoms with Crippen LogP contribution in [0, 0.1) is 62.3 Å². The van der Waals surface area contributed by atoms with E-state index in [0.29, 0.717) is 131 Å². The number of nitrogens with zero attached hydrogens (tertiary/aromatic N) is 21. The van der Waals surface area contributed by atoms with Crippen molar-refractivity contribution in [2.24, 2.45) is 4.99 Å². The van der Waals surface area contributed by atoms with Crippen LogP contribution in [0.15, 0.2) is 145 Å². The molecule has 3 saturated heterocycles. The van der Waals surface area contributed by atoms with E-state index >= 15 is 0 Å². The number of nitrogens with one attached hydrogen (secondary N) is 3. The molecule has 0 saturated carbocycles. The lowest BCUT2D eigenvalue weighted by Gasteiger charge is -2.25. The van der Waals surface area contributed by atoms with Crippen LogP contribution in [-0.4, -0.2) is 191 Å². The third-order valence-electron chi connectivity index (χ3n) is 22.9. The number of benzene rings is 4. The van der Waals surface area contributed by atoms with Crippen LogP contribution < -0.4 is 44.6 Å². The number of ether oxygens (including phenoxy) is 3. The molecule has 7 N–H and O–H groups in total. The molecule has 37 nitrogen and oxygen atoms in total. The summed E-state index contributed by atoms with van der Waals surface area (Å²) in [6.45, 7) is 18.6. The van der Waals surface area contributed by atoms with Crippen molar-refractivity contribution in [2.75, 3.05) is 118 Å². The van der Waals surface area contributed by atoms with Gasteiger partial charge in [0.15, 0.2) is 16.9 Å². The van der Waals surface area contributed by atoms with Crippen molar-refractivity contribution in [3.8, 4) is 0 Å². The molecule has 0 aliphatic carbocycles. The first-order valence-corrected chi connectivity index (χ1v) is 53.5. The zero-order valence-electron chi connectivity index (χ0n) is 83.9. The summed E-state index contributed by atoms with van der Waals surface area (Å²) in [6.07, 6.45) is 15.2. The van der Waals surface area contributed by atoms with Gasteiger partial charge in [-0.15, -0.1) is 0 Å². The number of para-hydroxylation sites is 8. The van der Waals surface area contributed by atoms with Crippen LogP contribution in [0.4, 0.5) is 74.1 Å². The van der Waals surface area contributed by atoms with E-state index in [-0.39, 0.29) is 30.1 Å². The molecule has 4 aliphatic heterocycles. The van der Waals surface area contributed by atoms with E-state index in [1.165, 1.54) is 56.9 Å². The van der Waals surface area contributed by atoms with Gasteiger partial charge in [0.25, 0.3) is 0 Å². The molecule has 3 unspecified atom stereocenters. The van der Waals surface area contributed by atoms with Crippen LogP contribution in [0.1, 0.15) is 168 Å². The molecule has 0 bridgehead atoms. The third-order valence-corrected chi connectivity index (χ3v) is 28.0. The fraction of sp³-hybridized carbons (Fsp3) is 0.375. The van der Waals surface area contributed by atoms with Gasteiger partial charge in [-0.2, -0.15) is 0 Å². The van der Waals surface area contributed by atoms with Crippen molar-refractivity contribution in [2.45, 2.75) is 165 Å². The van der Waals surface area contributed by atoms with Crippen molar-refractivity contribution in [3.63, 3.8) is 0 Å². The molecule has 3 atom stereocenters. The van der Waals surface area contributed by atoms with Gasteiger partial charge in [-0.05, 0) is 206 Å². The average Bonchev–Trinajstić information content (AvgIpc) is 1.61. The maximum Gasteiger partial charge on any atom is 0.232 e. The molecule has 742 valence electrons. The molecular weight excluding hydrogens is 1930 g/mol. The Labute approximate surface area is 835 Å². The summed E-state index contributed by atoms with van der Waals surface area (Å²) >= 11 is 18.5. The van der Waals surface area contributed by atoms with E-state index in [1.807, 2.05) is 151 Å². The Balaban J connectivity index is 0.000000151. The number of aromatic nitrogens is 16. The summed E-state index contributed by atoms with van der Waals surface area (Å²) in [5, 5.41) is 11.4. The van der Waals surface area contributed by atoms with E-state index in [4.69, 9.17) is 84.5 Å². The number of pyridine rings is 4. The maximum absolute atomic E-state index is 12.3. The van der Waals surface area contributed by atoms with Crippen LogP contribution in [0.2, 0.25) is 15.3 Å². The van der Waals surface area contributed by atoms with Gasteiger partial charge >= 0.3 is 0 Å². The number of rotatable bonds is 21. The Morgan fingerprint density at radius 1 is 0.393 bits per heavy atom. The van der Waals surface area contributed by atoms with Crippen LogP contribution in [0.5, 0.6) is 0 Å². The lowest BCUT2D eigenvalue weighted by Crippen LogP contribution is -2.25. The van der Waals surface area contributed by atoms with E-state index in [2.05, 4.69) is 70.4 Å². The van der Waals surface area contributed by atoms with Gasteiger partial charge in [0.2, 0.25) is 40.1 Å². The average molecular weight is 2050 g/mol.